The summed E-state index contributed by atoms with van der Waals surface area (Å²) in [5.41, 5.74) is -0.114. The molecule has 1 aliphatic heterocycles. The van der Waals surface area contributed by atoms with Gasteiger partial charge in [0.05, 0.1) is 13.2 Å². The second kappa shape index (κ2) is 6.98. The van der Waals surface area contributed by atoms with Crippen LogP contribution in [0.4, 0.5) is 0 Å². The third-order valence-corrected chi connectivity index (χ3v) is 5.02. The molecule has 124 valence electrons. The first kappa shape index (κ1) is 17.2. The monoisotopic (exact) mass is 326 g/mol. The summed E-state index contributed by atoms with van der Waals surface area (Å²) in [6.45, 7) is 9.77. The first-order valence-electron chi connectivity index (χ1n) is 7.64. The van der Waals surface area contributed by atoms with E-state index in [-0.39, 0.29) is 17.4 Å². The van der Waals surface area contributed by atoms with Crippen LogP contribution in [0.15, 0.2) is 11.4 Å². The topological polar surface area (TPSA) is 53.0 Å². The maximum atomic E-state index is 12.5. The fraction of sp³-hybridized carbons (Fsp3) is 0.688. The minimum Gasteiger partial charge on any atom is -0.495 e. The predicted octanol–water partition coefficient (Wildman–Crippen LogP) is 1.92. The van der Waals surface area contributed by atoms with Crippen molar-refractivity contribution in [3.8, 4) is 5.75 Å². The normalized spacial score (nSPS) is 18.3. The number of aliphatic hydroxyl groups excluding tert-OH is 1. The summed E-state index contributed by atoms with van der Waals surface area (Å²) in [5.74, 6) is 0.698. The van der Waals surface area contributed by atoms with Crippen molar-refractivity contribution in [3.05, 3.63) is 16.3 Å². The predicted molar refractivity (Wildman–Crippen MR) is 88.7 cm³/mol. The maximum absolute atomic E-state index is 12.5. The van der Waals surface area contributed by atoms with Crippen LogP contribution in [0.1, 0.15) is 30.4 Å². The minimum absolute atomic E-state index is 0.0443. The highest BCUT2D eigenvalue weighted by molar-refractivity contribution is 7.12. The Labute approximate surface area is 136 Å². The zero-order valence-corrected chi connectivity index (χ0v) is 14.7. The van der Waals surface area contributed by atoms with Gasteiger partial charge in [0.2, 0.25) is 0 Å². The van der Waals surface area contributed by atoms with Crippen molar-refractivity contribution in [2.24, 2.45) is 5.41 Å². The van der Waals surface area contributed by atoms with Gasteiger partial charge in [0.25, 0.3) is 5.91 Å². The van der Waals surface area contributed by atoms with Gasteiger partial charge in [-0.25, -0.2) is 0 Å². The molecule has 1 saturated heterocycles. The van der Waals surface area contributed by atoms with Crippen molar-refractivity contribution in [1.82, 2.24) is 9.80 Å². The number of β-amino-alcohol motifs (C(OH)–C–C–N with tert-alkyl or cyclic N) is 1. The van der Waals surface area contributed by atoms with Crippen molar-refractivity contribution in [2.75, 3.05) is 39.8 Å². The highest BCUT2D eigenvalue weighted by atomic mass is 32.1. The summed E-state index contributed by atoms with van der Waals surface area (Å²) in [6.07, 6.45) is -0.354. The number of hydrogen-bond donors (Lipinski definition) is 1. The van der Waals surface area contributed by atoms with Gasteiger partial charge in [-0.05, 0) is 16.9 Å². The molecule has 1 atom stereocenters. The molecule has 22 heavy (non-hydrogen) atoms. The molecule has 0 aromatic carbocycles. The Hall–Kier alpha value is -1.11. The third-order valence-electron chi connectivity index (χ3n) is 4.13. The molecule has 6 heteroatoms. The van der Waals surface area contributed by atoms with Crippen LogP contribution in [-0.2, 0) is 0 Å². The van der Waals surface area contributed by atoms with Crippen LogP contribution in [0.2, 0.25) is 0 Å². The van der Waals surface area contributed by atoms with Crippen molar-refractivity contribution in [2.45, 2.75) is 26.9 Å². The molecule has 0 saturated carbocycles. The SMILES string of the molecule is COc1ccsc1C(=O)N1CCN(CC(O)C(C)(C)C)CC1. The van der Waals surface area contributed by atoms with Crippen molar-refractivity contribution in [1.29, 1.82) is 0 Å². The van der Waals surface area contributed by atoms with Crippen LogP contribution < -0.4 is 4.74 Å². The Morgan fingerprint density at radius 3 is 2.55 bits per heavy atom. The van der Waals surface area contributed by atoms with Gasteiger partial charge >= 0.3 is 0 Å². The van der Waals surface area contributed by atoms with Crippen molar-refractivity contribution in [3.63, 3.8) is 0 Å². The Morgan fingerprint density at radius 2 is 2.00 bits per heavy atom. The highest BCUT2D eigenvalue weighted by Crippen LogP contribution is 2.26. The zero-order chi connectivity index (χ0) is 16.3. The molecular weight excluding hydrogens is 300 g/mol. The van der Waals surface area contributed by atoms with Gasteiger partial charge in [0, 0.05) is 32.7 Å². The van der Waals surface area contributed by atoms with E-state index >= 15 is 0 Å². The number of nitrogens with zero attached hydrogens (tertiary/aromatic N) is 2. The first-order chi connectivity index (χ1) is 10.3. The van der Waals surface area contributed by atoms with Gasteiger partial charge in [-0.3, -0.25) is 9.69 Å². The van der Waals surface area contributed by atoms with Crippen LogP contribution in [0.5, 0.6) is 5.75 Å². The minimum atomic E-state index is -0.354. The summed E-state index contributed by atoms with van der Waals surface area (Å²) in [6, 6.07) is 1.83. The molecule has 2 rings (SSSR count). The largest absolute Gasteiger partial charge is 0.495 e. The number of amides is 1. The molecule has 0 aliphatic carbocycles. The number of rotatable bonds is 4. The van der Waals surface area contributed by atoms with Crippen LogP contribution in [0, 0.1) is 5.41 Å². The van der Waals surface area contributed by atoms with Crippen molar-refractivity contribution < 1.29 is 14.6 Å². The van der Waals surface area contributed by atoms with Gasteiger partial charge in [0.15, 0.2) is 0 Å². The molecule has 1 aromatic rings. The quantitative estimate of drug-likeness (QED) is 0.918. The molecule has 5 nitrogen and oxygen atoms in total. The first-order valence-corrected chi connectivity index (χ1v) is 8.52. The molecule has 1 aliphatic rings. The second-order valence-electron chi connectivity index (χ2n) is 6.79. The molecule has 0 radical (unpaired) electrons. The van der Waals surface area contributed by atoms with Gasteiger partial charge in [-0.1, -0.05) is 20.8 Å². The summed E-state index contributed by atoms with van der Waals surface area (Å²) in [5, 5.41) is 12.1. The molecule has 0 bridgehead atoms. The van der Waals surface area contributed by atoms with E-state index in [9.17, 15) is 9.90 Å². The summed E-state index contributed by atoms with van der Waals surface area (Å²) in [4.78, 5) is 17.3. The highest BCUT2D eigenvalue weighted by Gasteiger charge is 2.29. The number of hydrogen-bond acceptors (Lipinski definition) is 5. The molecule has 1 fully saturated rings. The molecule has 1 N–H and O–H groups in total. The van der Waals surface area contributed by atoms with Crippen LogP contribution in [-0.4, -0.2) is 66.8 Å². The summed E-state index contributed by atoms with van der Waals surface area (Å²) in [7, 11) is 1.59. The number of aliphatic hydroxyl groups is 1. The number of piperazine rings is 1. The Morgan fingerprint density at radius 1 is 1.36 bits per heavy atom. The molecule has 1 unspecified atom stereocenters. The molecule has 0 spiro atoms. The van der Waals surface area contributed by atoms with E-state index < -0.39 is 0 Å². The zero-order valence-electron chi connectivity index (χ0n) is 13.8. The lowest BCUT2D eigenvalue weighted by molar-refractivity contribution is 0.0137. The maximum Gasteiger partial charge on any atom is 0.267 e. The van der Waals surface area contributed by atoms with E-state index in [4.69, 9.17) is 4.74 Å². The average molecular weight is 326 g/mol. The Kier molecular flexibility index (Phi) is 5.47. The van der Waals surface area contributed by atoms with Gasteiger partial charge in [-0.2, -0.15) is 0 Å². The lowest BCUT2D eigenvalue weighted by Crippen LogP contribution is -2.51. The standard InChI is InChI=1S/C16H26N2O3S/c1-16(2,3)13(19)11-17-6-8-18(9-7-17)15(20)14-12(21-4)5-10-22-14/h5,10,13,19H,6-9,11H2,1-4H3. The van der Waals surface area contributed by atoms with E-state index in [1.165, 1.54) is 11.3 Å². The lowest BCUT2D eigenvalue weighted by Gasteiger charge is -2.37. The van der Waals surface area contributed by atoms with Crippen LogP contribution >= 0.6 is 11.3 Å². The number of ether oxygens (including phenoxy) is 1. The van der Waals surface area contributed by atoms with E-state index in [0.29, 0.717) is 30.3 Å². The third kappa shape index (κ3) is 4.00. The summed E-state index contributed by atoms with van der Waals surface area (Å²) >= 11 is 1.42. The molecular formula is C16H26N2O3S. The van der Waals surface area contributed by atoms with Crippen LogP contribution in [0.3, 0.4) is 0 Å². The van der Waals surface area contributed by atoms with E-state index in [0.717, 1.165) is 13.1 Å². The lowest BCUT2D eigenvalue weighted by atomic mass is 9.89. The fourth-order valence-electron chi connectivity index (χ4n) is 2.41. The van der Waals surface area contributed by atoms with E-state index in [1.807, 2.05) is 37.1 Å². The van der Waals surface area contributed by atoms with Gasteiger partial charge in [-0.15, -0.1) is 11.3 Å². The second-order valence-corrected chi connectivity index (χ2v) is 7.71. The van der Waals surface area contributed by atoms with Gasteiger partial charge < -0.3 is 14.7 Å². The van der Waals surface area contributed by atoms with E-state index in [1.54, 1.807) is 7.11 Å². The smallest absolute Gasteiger partial charge is 0.267 e. The fourth-order valence-corrected chi connectivity index (χ4v) is 3.23. The Bertz CT molecular complexity index is 502. The number of carbonyl (C=O) groups is 1. The van der Waals surface area contributed by atoms with Gasteiger partial charge in [0.1, 0.15) is 10.6 Å². The van der Waals surface area contributed by atoms with Crippen molar-refractivity contribution >= 4 is 17.2 Å². The molecule has 1 aromatic heterocycles. The number of thiophene rings is 1. The Balaban J connectivity index is 1.88. The van der Waals surface area contributed by atoms with Crippen LogP contribution in [0.25, 0.3) is 0 Å². The molecule has 1 amide bonds. The summed E-state index contributed by atoms with van der Waals surface area (Å²) < 4.78 is 5.23. The number of methoxy groups -OCH3 is 1. The number of carbonyl (C=O) groups excluding carboxylic acids is 1. The van der Waals surface area contributed by atoms with E-state index in [2.05, 4.69) is 4.90 Å². The molecule has 2 heterocycles. The average Bonchev–Trinajstić information content (AvgIpc) is 2.94.